The van der Waals surface area contributed by atoms with Gasteiger partial charge < -0.3 is 4.57 Å². The van der Waals surface area contributed by atoms with Crippen molar-refractivity contribution < 1.29 is 0 Å². The Morgan fingerprint density at radius 3 is 1.53 bits per heavy atom. The van der Waals surface area contributed by atoms with Crippen molar-refractivity contribution >= 4 is 54.1 Å². The highest BCUT2D eigenvalue weighted by Crippen LogP contribution is 2.49. The number of nitrogens with zero attached hydrogens (tertiary/aromatic N) is 7. The molecule has 6 heterocycles. The van der Waals surface area contributed by atoms with E-state index in [1.54, 1.807) is 11.3 Å². The second-order valence-electron chi connectivity index (χ2n) is 16.7. The minimum absolute atomic E-state index is 0.606. The second kappa shape index (κ2) is 16.5. The van der Waals surface area contributed by atoms with Crippen LogP contribution in [0.15, 0.2) is 225 Å². The molecule has 13 aromatic rings. The van der Waals surface area contributed by atoms with Crippen molar-refractivity contribution in [2.45, 2.75) is 0 Å². The predicted octanol–water partition coefficient (Wildman–Crippen LogP) is 15.2. The molecule has 68 heavy (non-hydrogen) atoms. The zero-order valence-electron chi connectivity index (χ0n) is 36.4. The molecule has 6 aromatic heterocycles. The third-order valence-corrected chi connectivity index (χ3v) is 13.8. The van der Waals surface area contributed by atoms with Crippen LogP contribution in [0.2, 0.25) is 0 Å². The van der Waals surface area contributed by atoms with E-state index in [1.807, 2.05) is 67.0 Å². The fourth-order valence-electron chi connectivity index (χ4n) is 9.40. The lowest BCUT2D eigenvalue weighted by atomic mass is 9.96. The Morgan fingerprint density at radius 2 is 0.882 bits per heavy atom. The molecule has 7 aromatic carbocycles. The molecular weight excluding hydrogens is 851 g/mol. The number of hydrogen-bond donors (Lipinski definition) is 0. The molecule has 0 unspecified atom stereocenters. The monoisotopic (exact) mass is 887 g/mol. The summed E-state index contributed by atoms with van der Waals surface area (Å²) in [6, 6.07) is 73.4. The fraction of sp³-hybridized carbons (Fsp3) is 0. The van der Waals surface area contributed by atoms with Crippen LogP contribution >= 0.6 is 11.3 Å². The summed E-state index contributed by atoms with van der Waals surface area (Å²) in [4.78, 5) is 31.4. The van der Waals surface area contributed by atoms with E-state index < -0.39 is 0 Å². The molecule has 13 rings (SSSR count). The van der Waals surface area contributed by atoms with Gasteiger partial charge >= 0.3 is 0 Å². The van der Waals surface area contributed by atoms with Crippen molar-refractivity contribution in [3.63, 3.8) is 0 Å². The number of pyridine rings is 3. The van der Waals surface area contributed by atoms with E-state index >= 15 is 0 Å². The van der Waals surface area contributed by atoms with Gasteiger partial charge in [-0.05, 0) is 65.7 Å². The largest absolute Gasteiger partial charge is 0.309 e. The summed E-state index contributed by atoms with van der Waals surface area (Å²) in [6.45, 7) is 0. The Balaban J connectivity index is 0.879. The van der Waals surface area contributed by atoms with E-state index in [4.69, 9.17) is 29.9 Å². The maximum Gasteiger partial charge on any atom is 0.164 e. The second-order valence-corrected chi connectivity index (χ2v) is 17.7. The summed E-state index contributed by atoms with van der Waals surface area (Å²) in [7, 11) is 0. The van der Waals surface area contributed by atoms with Gasteiger partial charge in [0.1, 0.15) is 0 Å². The SMILES string of the molecule is c1ccc(-c2nc(-c3ccc(-c4ccc(-c5nc6ccccc6c6sc(-c7ccccn7)c(-c7ccccn7)c56)cc4)cc3)nc(-c3cccc(-n4c5ccccc5c5ccccc54)c3)n2)cc1. The molecule has 0 N–H and O–H groups in total. The van der Waals surface area contributed by atoms with Gasteiger partial charge in [0, 0.05) is 72.1 Å². The molecule has 7 nitrogen and oxygen atoms in total. The van der Waals surface area contributed by atoms with Crippen molar-refractivity contribution in [3.05, 3.63) is 225 Å². The minimum Gasteiger partial charge on any atom is -0.309 e. The summed E-state index contributed by atoms with van der Waals surface area (Å²) in [6.07, 6.45) is 3.70. The normalized spacial score (nSPS) is 11.5. The number of benzene rings is 7. The molecule has 0 aliphatic carbocycles. The van der Waals surface area contributed by atoms with Crippen molar-refractivity contribution in [2.24, 2.45) is 0 Å². The first-order valence-electron chi connectivity index (χ1n) is 22.5. The first-order chi connectivity index (χ1) is 33.7. The van der Waals surface area contributed by atoms with Crippen molar-refractivity contribution in [2.75, 3.05) is 0 Å². The molecule has 318 valence electrons. The van der Waals surface area contributed by atoms with Crippen LogP contribution in [0.1, 0.15) is 0 Å². The highest BCUT2D eigenvalue weighted by Gasteiger charge is 2.24. The zero-order chi connectivity index (χ0) is 45.0. The van der Waals surface area contributed by atoms with E-state index in [0.29, 0.717) is 17.5 Å². The van der Waals surface area contributed by atoms with E-state index in [9.17, 15) is 0 Å². The summed E-state index contributed by atoms with van der Waals surface area (Å²) in [5.41, 5.74) is 14.0. The van der Waals surface area contributed by atoms with Crippen LogP contribution in [0.3, 0.4) is 0 Å². The molecule has 0 saturated heterocycles. The lowest BCUT2D eigenvalue weighted by Gasteiger charge is -2.12. The van der Waals surface area contributed by atoms with Crippen LogP contribution in [-0.2, 0) is 0 Å². The standard InChI is InChI=1S/C60H37N7S/c1-2-15-41(16-3-1)58-64-59(66-60(65-58)43-17-14-18-44(37-43)67-51-25-8-5-19-45(51)46-20-6-9-26-52(46)67)42-33-29-39(30-34-42)38-27-31-40(32-28-38)55-54-53(49-23-10-12-35-61-49)57(50-24-11-13-36-62-50)68-56(54)47-21-4-7-22-48(47)63-55/h1-37H. The number of thiophene rings is 1. The first kappa shape index (κ1) is 39.4. The molecule has 8 heteroatoms. The summed E-state index contributed by atoms with van der Waals surface area (Å²) < 4.78 is 3.49. The fourth-order valence-corrected chi connectivity index (χ4v) is 10.7. The Bertz CT molecular complexity index is 3950. The quantitative estimate of drug-likeness (QED) is 0.151. The molecule has 0 spiro atoms. The van der Waals surface area contributed by atoms with Gasteiger partial charge in [0.25, 0.3) is 0 Å². The summed E-state index contributed by atoms with van der Waals surface area (Å²) >= 11 is 1.75. The number of fused-ring (bicyclic) bond motifs is 6. The third-order valence-electron chi connectivity index (χ3n) is 12.6. The van der Waals surface area contributed by atoms with Crippen LogP contribution in [-0.4, -0.2) is 34.5 Å². The molecule has 0 aliphatic heterocycles. The van der Waals surface area contributed by atoms with Gasteiger partial charge in [-0.2, -0.15) is 0 Å². The van der Waals surface area contributed by atoms with E-state index in [2.05, 4.69) is 162 Å². The van der Waals surface area contributed by atoms with Gasteiger partial charge in [-0.3, -0.25) is 9.97 Å². The van der Waals surface area contributed by atoms with Crippen LogP contribution in [0, 0.1) is 0 Å². The topological polar surface area (TPSA) is 82.3 Å². The number of para-hydroxylation sites is 3. The van der Waals surface area contributed by atoms with Gasteiger partial charge in [-0.1, -0.05) is 158 Å². The summed E-state index contributed by atoms with van der Waals surface area (Å²) in [5.74, 6) is 1.83. The van der Waals surface area contributed by atoms with E-state index in [-0.39, 0.29) is 0 Å². The lowest BCUT2D eigenvalue weighted by Crippen LogP contribution is -2.01. The van der Waals surface area contributed by atoms with Gasteiger partial charge in [-0.25, -0.2) is 19.9 Å². The Kier molecular flexibility index (Phi) is 9.54. The van der Waals surface area contributed by atoms with Gasteiger partial charge in [-0.15, -0.1) is 11.3 Å². The predicted molar refractivity (Wildman–Crippen MR) is 278 cm³/mol. The maximum atomic E-state index is 5.35. The highest BCUT2D eigenvalue weighted by atomic mass is 32.1. The average molecular weight is 888 g/mol. The van der Waals surface area contributed by atoms with Crippen LogP contribution in [0.25, 0.3) is 127 Å². The van der Waals surface area contributed by atoms with Crippen molar-refractivity contribution in [1.82, 2.24) is 34.5 Å². The molecule has 0 atom stereocenters. The van der Waals surface area contributed by atoms with Crippen LogP contribution in [0.5, 0.6) is 0 Å². The Hall–Kier alpha value is -8.98. The van der Waals surface area contributed by atoms with Gasteiger partial charge in [0.15, 0.2) is 17.5 Å². The molecular formula is C60H37N7S. The highest BCUT2D eigenvalue weighted by molar-refractivity contribution is 7.24. The molecule has 0 amide bonds. The molecule has 0 fully saturated rings. The molecule has 0 bridgehead atoms. The minimum atomic E-state index is 0.606. The third kappa shape index (κ3) is 6.82. The summed E-state index contributed by atoms with van der Waals surface area (Å²) in [5, 5.41) is 4.62. The van der Waals surface area contributed by atoms with E-state index in [0.717, 1.165) is 93.9 Å². The molecule has 0 saturated carbocycles. The van der Waals surface area contributed by atoms with Crippen molar-refractivity contribution in [3.8, 4) is 84.1 Å². The molecule has 0 radical (unpaired) electrons. The average Bonchev–Trinajstić information content (AvgIpc) is 3.99. The van der Waals surface area contributed by atoms with E-state index in [1.165, 1.54) is 15.5 Å². The first-order valence-corrected chi connectivity index (χ1v) is 23.3. The van der Waals surface area contributed by atoms with Crippen molar-refractivity contribution in [1.29, 1.82) is 0 Å². The van der Waals surface area contributed by atoms with Crippen LogP contribution in [0.4, 0.5) is 0 Å². The lowest BCUT2D eigenvalue weighted by molar-refractivity contribution is 1.07. The Labute approximate surface area is 395 Å². The zero-order valence-corrected chi connectivity index (χ0v) is 37.2. The van der Waals surface area contributed by atoms with Gasteiger partial charge in [0.2, 0.25) is 0 Å². The smallest absolute Gasteiger partial charge is 0.164 e. The van der Waals surface area contributed by atoms with Gasteiger partial charge in [0.05, 0.1) is 38.5 Å². The van der Waals surface area contributed by atoms with Crippen LogP contribution < -0.4 is 0 Å². The number of aromatic nitrogens is 7. The maximum absolute atomic E-state index is 5.35. The molecule has 0 aliphatic rings. The number of rotatable bonds is 8. The Morgan fingerprint density at radius 1 is 0.368 bits per heavy atom. The number of hydrogen-bond acceptors (Lipinski definition) is 7.